The lowest BCUT2D eigenvalue weighted by Gasteiger charge is -2.30. The number of hydrogen-bond acceptors (Lipinski definition) is 3. The van der Waals surface area contributed by atoms with E-state index in [1.54, 1.807) is 24.3 Å². The van der Waals surface area contributed by atoms with Gasteiger partial charge in [0.2, 0.25) is 0 Å². The van der Waals surface area contributed by atoms with Crippen molar-refractivity contribution in [2.24, 2.45) is 0 Å². The van der Waals surface area contributed by atoms with Crippen LogP contribution in [-0.4, -0.2) is 38.0 Å². The molecule has 0 bridgehead atoms. The van der Waals surface area contributed by atoms with Gasteiger partial charge in [0.1, 0.15) is 13.1 Å². The number of anilines is 1. The van der Waals surface area contributed by atoms with E-state index in [9.17, 15) is 9.59 Å². The first-order chi connectivity index (χ1) is 12.1. The fourth-order valence-corrected chi connectivity index (χ4v) is 3.17. The van der Waals surface area contributed by atoms with E-state index in [2.05, 4.69) is 5.32 Å². The molecule has 0 unspecified atom stereocenters. The predicted octanol–water partition coefficient (Wildman–Crippen LogP) is 1.48. The molecule has 0 aromatic heterocycles. The summed E-state index contributed by atoms with van der Waals surface area (Å²) in [4.78, 5) is 25.8. The van der Waals surface area contributed by atoms with Crippen LogP contribution in [0.4, 0.5) is 5.69 Å². The van der Waals surface area contributed by atoms with Gasteiger partial charge in [-0.2, -0.15) is 0 Å². The summed E-state index contributed by atoms with van der Waals surface area (Å²) >= 11 is 0. The van der Waals surface area contributed by atoms with Crippen molar-refractivity contribution in [3.63, 3.8) is 0 Å². The zero-order valence-electron chi connectivity index (χ0n) is 14.3. The van der Waals surface area contributed by atoms with E-state index in [-0.39, 0.29) is 17.7 Å². The van der Waals surface area contributed by atoms with Gasteiger partial charge < -0.3 is 15.0 Å². The van der Waals surface area contributed by atoms with Crippen molar-refractivity contribution in [2.75, 3.05) is 31.6 Å². The van der Waals surface area contributed by atoms with Gasteiger partial charge in [0.05, 0.1) is 13.2 Å². The number of hydrogen-bond donors (Lipinski definition) is 2. The Morgan fingerprint density at radius 3 is 2.44 bits per heavy atom. The zero-order chi connectivity index (χ0) is 17.6. The van der Waals surface area contributed by atoms with E-state index in [0.29, 0.717) is 24.5 Å². The van der Waals surface area contributed by atoms with Gasteiger partial charge in [0.25, 0.3) is 5.91 Å². The Balaban J connectivity index is 1.84. The van der Waals surface area contributed by atoms with Crippen LogP contribution < -0.4 is 10.2 Å². The molecule has 0 aliphatic carbocycles. The monoisotopic (exact) mass is 339 g/mol. The van der Waals surface area contributed by atoms with Crippen LogP contribution in [0.25, 0.3) is 0 Å². The molecular formula is C20H23N2O3+. The number of quaternary nitrogens is 1. The summed E-state index contributed by atoms with van der Waals surface area (Å²) in [5, 5.41) is 2.98. The first-order valence-corrected chi connectivity index (χ1v) is 8.54. The largest absolute Gasteiger partial charge is 0.370 e. The Bertz CT molecular complexity index is 740. The molecule has 130 valence electrons. The second-order valence-electron chi connectivity index (χ2n) is 6.24. The van der Waals surface area contributed by atoms with E-state index in [1.807, 2.05) is 30.3 Å². The van der Waals surface area contributed by atoms with E-state index in [4.69, 9.17) is 4.74 Å². The molecule has 2 aromatic carbocycles. The van der Waals surface area contributed by atoms with E-state index < -0.39 is 0 Å². The van der Waals surface area contributed by atoms with Crippen LogP contribution in [0.15, 0.2) is 54.6 Å². The molecule has 1 atom stereocenters. The standard InChI is InChI=1S/C20H22N2O3/c1-15(23)17-8-5-9-18(14-17)21-20(24)19(16-6-3-2-4-7-16)22-10-12-25-13-11-22/h2-9,14,19H,10-13H2,1H3,(H,21,24)/p+1/t19-/m0/s1. The van der Waals surface area contributed by atoms with Crippen LogP contribution in [-0.2, 0) is 9.53 Å². The van der Waals surface area contributed by atoms with Gasteiger partial charge in [-0.1, -0.05) is 42.5 Å². The van der Waals surface area contributed by atoms with Crippen molar-refractivity contribution in [3.05, 3.63) is 65.7 Å². The normalized spacial score (nSPS) is 16.2. The molecule has 2 N–H and O–H groups in total. The van der Waals surface area contributed by atoms with Gasteiger partial charge in [0, 0.05) is 16.8 Å². The minimum absolute atomic E-state index is 0.0190. The lowest BCUT2D eigenvalue weighted by Crippen LogP contribution is -3.15. The van der Waals surface area contributed by atoms with Crippen LogP contribution in [0.3, 0.4) is 0 Å². The number of morpholine rings is 1. The first kappa shape index (κ1) is 17.3. The van der Waals surface area contributed by atoms with Gasteiger partial charge >= 0.3 is 0 Å². The second-order valence-corrected chi connectivity index (χ2v) is 6.24. The van der Waals surface area contributed by atoms with Crippen molar-refractivity contribution in [1.29, 1.82) is 0 Å². The highest BCUT2D eigenvalue weighted by atomic mass is 16.5. The summed E-state index contributed by atoms with van der Waals surface area (Å²) in [5.41, 5.74) is 2.22. The molecule has 1 fully saturated rings. The third-order valence-electron chi connectivity index (χ3n) is 4.48. The molecule has 1 saturated heterocycles. The number of amides is 1. The summed E-state index contributed by atoms with van der Waals surface area (Å²) < 4.78 is 5.44. The summed E-state index contributed by atoms with van der Waals surface area (Å²) in [6, 6.07) is 16.6. The van der Waals surface area contributed by atoms with E-state index in [0.717, 1.165) is 18.7 Å². The van der Waals surface area contributed by atoms with Crippen molar-refractivity contribution in [1.82, 2.24) is 0 Å². The van der Waals surface area contributed by atoms with Crippen molar-refractivity contribution in [3.8, 4) is 0 Å². The molecule has 0 spiro atoms. The summed E-state index contributed by atoms with van der Waals surface area (Å²) in [6.07, 6.45) is 0. The molecular weight excluding hydrogens is 316 g/mol. The fraction of sp³-hybridized carbons (Fsp3) is 0.300. The van der Waals surface area contributed by atoms with Crippen LogP contribution in [0.2, 0.25) is 0 Å². The van der Waals surface area contributed by atoms with Gasteiger partial charge in [-0.15, -0.1) is 0 Å². The highest BCUT2D eigenvalue weighted by Crippen LogP contribution is 2.16. The number of Topliss-reactive ketones (excluding diaryl/α,β-unsaturated/α-hetero) is 1. The molecule has 3 rings (SSSR count). The molecule has 5 nitrogen and oxygen atoms in total. The van der Waals surface area contributed by atoms with Crippen LogP contribution >= 0.6 is 0 Å². The minimum atomic E-state index is -0.300. The Morgan fingerprint density at radius 2 is 1.76 bits per heavy atom. The smallest absolute Gasteiger partial charge is 0.287 e. The third-order valence-corrected chi connectivity index (χ3v) is 4.48. The minimum Gasteiger partial charge on any atom is -0.370 e. The maximum Gasteiger partial charge on any atom is 0.287 e. The first-order valence-electron chi connectivity index (χ1n) is 8.54. The number of benzene rings is 2. The highest BCUT2D eigenvalue weighted by molar-refractivity contribution is 5.98. The van der Waals surface area contributed by atoms with Crippen molar-refractivity contribution >= 4 is 17.4 Å². The molecule has 1 aliphatic rings. The molecule has 1 amide bonds. The lowest BCUT2D eigenvalue weighted by atomic mass is 10.0. The van der Waals surface area contributed by atoms with Crippen molar-refractivity contribution in [2.45, 2.75) is 13.0 Å². The number of carbonyl (C=O) groups excluding carboxylic acids is 2. The Hall–Kier alpha value is -2.50. The van der Waals surface area contributed by atoms with Crippen LogP contribution in [0.1, 0.15) is 28.9 Å². The third kappa shape index (κ3) is 4.32. The van der Waals surface area contributed by atoms with Crippen LogP contribution in [0.5, 0.6) is 0 Å². The highest BCUT2D eigenvalue weighted by Gasteiger charge is 2.32. The summed E-state index contributed by atoms with van der Waals surface area (Å²) in [7, 11) is 0. The molecule has 1 aliphatic heterocycles. The molecule has 25 heavy (non-hydrogen) atoms. The predicted molar refractivity (Wildman–Crippen MR) is 95.8 cm³/mol. The quantitative estimate of drug-likeness (QED) is 0.812. The van der Waals surface area contributed by atoms with E-state index in [1.165, 1.54) is 11.8 Å². The van der Waals surface area contributed by atoms with Gasteiger partial charge in [-0.25, -0.2) is 0 Å². The Kier molecular flexibility index (Phi) is 5.58. The Morgan fingerprint density at radius 1 is 1.04 bits per heavy atom. The molecule has 2 aromatic rings. The fourth-order valence-electron chi connectivity index (χ4n) is 3.17. The summed E-state index contributed by atoms with van der Waals surface area (Å²) in [5.74, 6) is -0.0849. The zero-order valence-corrected chi connectivity index (χ0v) is 14.3. The molecule has 5 heteroatoms. The Labute approximate surface area is 147 Å². The number of ether oxygens (including phenoxy) is 1. The summed E-state index contributed by atoms with van der Waals surface area (Å²) in [6.45, 7) is 4.42. The molecule has 0 radical (unpaired) electrons. The number of ketones is 1. The van der Waals surface area contributed by atoms with Gasteiger partial charge in [-0.05, 0) is 19.1 Å². The maximum atomic E-state index is 13.0. The van der Waals surface area contributed by atoms with Gasteiger partial charge in [0.15, 0.2) is 11.8 Å². The number of carbonyl (C=O) groups is 2. The topological polar surface area (TPSA) is 59.8 Å². The van der Waals surface area contributed by atoms with Crippen molar-refractivity contribution < 1.29 is 19.2 Å². The lowest BCUT2D eigenvalue weighted by molar-refractivity contribution is -0.929. The second kappa shape index (κ2) is 8.05. The number of nitrogens with one attached hydrogen (secondary N) is 2. The average Bonchev–Trinajstić information content (AvgIpc) is 2.64. The van der Waals surface area contributed by atoms with Crippen LogP contribution in [0, 0.1) is 0 Å². The maximum absolute atomic E-state index is 13.0. The molecule has 0 saturated carbocycles. The SMILES string of the molecule is CC(=O)c1cccc(NC(=O)[C@H](c2ccccc2)[NH+]2CCOCC2)c1. The number of rotatable bonds is 5. The average molecular weight is 339 g/mol. The van der Waals surface area contributed by atoms with E-state index >= 15 is 0 Å². The molecule has 1 heterocycles. The van der Waals surface area contributed by atoms with Gasteiger partial charge in [-0.3, -0.25) is 9.59 Å².